The molecule has 4 nitrogen and oxygen atoms in total. The van der Waals surface area contributed by atoms with Gasteiger partial charge in [-0.15, -0.1) is 11.6 Å². The van der Waals surface area contributed by atoms with Crippen molar-refractivity contribution in [2.45, 2.75) is 0 Å². The van der Waals surface area contributed by atoms with E-state index < -0.39 is 0 Å². The van der Waals surface area contributed by atoms with Crippen LogP contribution in [0.4, 0.5) is 5.69 Å². The molecule has 1 rings (SSSR count). The fourth-order valence-corrected chi connectivity index (χ4v) is 1.28. The highest BCUT2D eigenvalue weighted by atomic mass is 35.5. The largest absolute Gasteiger partial charge is 0.497 e. The highest BCUT2D eigenvalue weighted by Gasteiger charge is 2.14. The summed E-state index contributed by atoms with van der Waals surface area (Å²) in [5, 5.41) is 8.79. The van der Waals surface area contributed by atoms with Gasteiger partial charge >= 0.3 is 0 Å². The van der Waals surface area contributed by atoms with E-state index in [1.807, 2.05) is 6.07 Å². The summed E-state index contributed by atoms with van der Waals surface area (Å²) >= 11 is 5.42. The average molecular weight is 225 g/mol. The monoisotopic (exact) mass is 224 g/mol. The Morgan fingerprint density at radius 1 is 1.67 bits per heavy atom. The molecule has 0 bridgehead atoms. The highest BCUT2D eigenvalue weighted by molar-refractivity contribution is 6.31. The van der Waals surface area contributed by atoms with Crippen LogP contribution in [0.15, 0.2) is 12.1 Å². The van der Waals surface area contributed by atoms with Gasteiger partial charge in [0.05, 0.1) is 24.2 Å². The molecule has 0 saturated carbocycles. The second-order valence-corrected chi connectivity index (χ2v) is 3.07. The fraction of sp³-hybridized carbons (Fsp3) is 0.200. The van der Waals surface area contributed by atoms with Gasteiger partial charge in [0.2, 0.25) is 0 Å². The van der Waals surface area contributed by atoms with Crippen LogP contribution in [-0.4, -0.2) is 18.8 Å². The summed E-state index contributed by atoms with van der Waals surface area (Å²) in [6, 6.07) is 4.83. The van der Waals surface area contributed by atoms with Crippen LogP contribution in [0.25, 0.3) is 0 Å². The van der Waals surface area contributed by atoms with E-state index >= 15 is 0 Å². The molecule has 78 valence electrons. The molecular weight excluding hydrogens is 216 g/mol. The lowest BCUT2D eigenvalue weighted by Gasteiger charge is -2.07. The van der Waals surface area contributed by atoms with Crippen LogP contribution in [0.2, 0.25) is 0 Å². The minimum Gasteiger partial charge on any atom is -0.497 e. The van der Waals surface area contributed by atoms with Crippen molar-refractivity contribution in [3.63, 3.8) is 0 Å². The SMILES string of the molecule is COc1cc(C#N)c(N)c(C(=O)CCl)c1. The third-order valence-corrected chi connectivity index (χ3v) is 2.17. The molecule has 0 radical (unpaired) electrons. The van der Waals surface area contributed by atoms with E-state index in [-0.39, 0.29) is 28.5 Å². The molecule has 15 heavy (non-hydrogen) atoms. The van der Waals surface area contributed by atoms with Crippen molar-refractivity contribution in [1.82, 2.24) is 0 Å². The van der Waals surface area contributed by atoms with Gasteiger partial charge in [0.15, 0.2) is 5.78 Å². The number of hydrogen-bond acceptors (Lipinski definition) is 4. The zero-order chi connectivity index (χ0) is 11.4. The van der Waals surface area contributed by atoms with Crippen molar-refractivity contribution < 1.29 is 9.53 Å². The van der Waals surface area contributed by atoms with E-state index in [0.717, 1.165) is 0 Å². The molecule has 1 aromatic rings. The normalized spacial score (nSPS) is 9.40. The summed E-state index contributed by atoms with van der Waals surface area (Å²) in [5.74, 6) is -0.0961. The second-order valence-electron chi connectivity index (χ2n) is 2.80. The second kappa shape index (κ2) is 4.67. The Morgan fingerprint density at radius 2 is 2.33 bits per heavy atom. The lowest BCUT2D eigenvalue weighted by Crippen LogP contribution is -2.07. The van der Waals surface area contributed by atoms with Crippen molar-refractivity contribution in [3.8, 4) is 11.8 Å². The number of carbonyl (C=O) groups is 1. The van der Waals surface area contributed by atoms with Gasteiger partial charge < -0.3 is 10.5 Å². The van der Waals surface area contributed by atoms with Crippen LogP contribution in [0, 0.1) is 11.3 Å². The molecule has 0 spiro atoms. The minimum atomic E-state index is -0.329. The number of Topliss-reactive ketones (excluding diaryl/α,β-unsaturated/α-hetero) is 1. The zero-order valence-corrected chi connectivity index (χ0v) is 8.84. The molecule has 0 saturated heterocycles. The number of rotatable bonds is 3. The van der Waals surface area contributed by atoms with Gasteiger partial charge in [-0.05, 0) is 6.07 Å². The van der Waals surface area contributed by atoms with Crippen LogP contribution < -0.4 is 10.5 Å². The van der Waals surface area contributed by atoms with Crippen LogP contribution in [0.5, 0.6) is 5.75 Å². The number of benzene rings is 1. The number of halogens is 1. The minimum absolute atomic E-state index is 0.143. The third kappa shape index (κ3) is 2.20. The summed E-state index contributed by atoms with van der Waals surface area (Å²) in [5.41, 5.74) is 6.21. The fourth-order valence-electron chi connectivity index (χ4n) is 1.14. The maximum absolute atomic E-state index is 11.4. The van der Waals surface area contributed by atoms with Crippen LogP contribution in [0.3, 0.4) is 0 Å². The first-order valence-corrected chi connectivity index (χ1v) is 4.64. The van der Waals surface area contributed by atoms with Crippen molar-refractivity contribution in [2.75, 3.05) is 18.7 Å². The van der Waals surface area contributed by atoms with E-state index in [1.54, 1.807) is 0 Å². The van der Waals surface area contributed by atoms with Crippen LogP contribution >= 0.6 is 11.6 Å². The number of nitriles is 1. The topological polar surface area (TPSA) is 76.1 Å². The molecule has 0 unspecified atom stereocenters. The molecule has 0 heterocycles. The molecule has 2 N–H and O–H groups in total. The number of alkyl halides is 1. The Morgan fingerprint density at radius 3 is 2.80 bits per heavy atom. The Balaban J connectivity index is 3.38. The van der Waals surface area contributed by atoms with E-state index in [1.165, 1.54) is 19.2 Å². The Bertz CT molecular complexity index is 438. The van der Waals surface area contributed by atoms with Gasteiger partial charge in [0, 0.05) is 11.6 Å². The molecule has 0 aliphatic rings. The number of methoxy groups -OCH3 is 1. The first-order valence-electron chi connectivity index (χ1n) is 4.10. The third-order valence-electron chi connectivity index (χ3n) is 1.93. The maximum Gasteiger partial charge on any atom is 0.179 e. The zero-order valence-electron chi connectivity index (χ0n) is 8.08. The van der Waals surface area contributed by atoms with Crippen molar-refractivity contribution in [1.29, 1.82) is 5.26 Å². The number of nitrogens with two attached hydrogens (primary N) is 1. The number of hydrogen-bond donors (Lipinski definition) is 1. The summed E-state index contributed by atoms with van der Waals surface area (Å²) < 4.78 is 4.95. The summed E-state index contributed by atoms with van der Waals surface area (Å²) in [6.45, 7) is 0. The number of ketones is 1. The molecule has 0 aliphatic heterocycles. The van der Waals surface area contributed by atoms with Crippen molar-refractivity contribution >= 4 is 23.1 Å². The standard InChI is InChI=1S/C10H9ClN2O2/c1-15-7-2-6(5-12)10(13)8(3-7)9(14)4-11/h2-3H,4,13H2,1H3. The molecule has 0 amide bonds. The Hall–Kier alpha value is -1.73. The first-order chi connectivity index (χ1) is 7.13. The summed E-state index contributed by atoms with van der Waals surface area (Å²) in [7, 11) is 1.45. The predicted octanol–water partition coefficient (Wildman–Crippen LogP) is 1.57. The van der Waals surface area contributed by atoms with Crippen LogP contribution in [-0.2, 0) is 0 Å². The van der Waals surface area contributed by atoms with Crippen LogP contribution in [0.1, 0.15) is 15.9 Å². The quantitative estimate of drug-likeness (QED) is 0.480. The van der Waals surface area contributed by atoms with Gasteiger partial charge in [0.25, 0.3) is 0 Å². The number of carbonyl (C=O) groups excluding carboxylic acids is 1. The number of nitrogens with zero attached hydrogens (tertiary/aromatic N) is 1. The van der Waals surface area contributed by atoms with Gasteiger partial charge in [-0.1, -0.05) is 0 Å². The van der Waals surface area contributed by atoms with Gasteiger partial charge in [-0.3, -0.25) is 4.79 Å². The van der Waals surface area contributed by atoms with E-state index in [4.69, 9.17) is 27.3 Å². The number of anilines is 1. The van der Waals surface area contributed by atoms with Gasteiger partial charge in [0.1, 0.15) is 11.8 Å². The smallest absolute Gasteiger partial charge is 0.179 e. The van der Waals surface area contributed by atoms with Gasteiger partial charge in [-0.2, -0.15) is 5.26 Å². The average Bonchev–Trinajstić information content (AvgIpc) is 2.28. The molecule has 1 aromatic carbocycles. The van der Waals surface area contributed by atoms with Crippen molar-refractivity contribution in [2.24, 2.45) is 0 Å². The van der Waals surface area contributed by atoms with E-state index in [0.29, 0.717) is 5.75 Å². The van der Waals surface area contributed by atoms with Crippen molar-refractivity contribution in [3.05, 3.63) is 23.3 Å². The molecule has 0 fully saturated rings. The Labute approximate surface area is 92.2 Å². The number of nitrogen functional groups attached to an aromatic ring is 1. The lowest BCUT2D eigenvalue weighted by atomic mass is 10.0. The molecule has 5 heteroatoms. The van der Waals surface area contributed by atoms with E-state index in [2.05, 4.69) is 0 Å². The molecule has 0 aromatic heterocycles. The summed E-state index contributed by atoms with van der Waals surface area (Å²) in [4.78, 5) is 11.4. The predicted molar refractivity (Wildman–Crippen MR) is 57.2 cm³/mol. The molecular formula is C10H9ClN2O2. The maximum atomic E-state index is 11.4. The number of ether oxygens (including phenoxy) is 1. The lowest BCUT2D eigenvalue weighted by molar-refractivity contribution is 0.102. The summed E-state index contributed by atoms with van der Waals surface area (Å²) in [6.07, 6.45) is 0. The highest BCUT2D eigenvalue weighted by Crippen LogP contribution is 2.24. The molecule has 0 aliphatic carbocycles. The molecule has 0 atom stereocenters. The van der Waals surface area contributed by atoms with E-state index in [9.17, 15) is 4.79 Å². The Kier molecular flexibility index (Phi) is 3.53. The first kappa shape index (κ1) is 11.3. The van der Waals surface area contributed by atoms with Gasteiger partial charge in [-0.25, -0.2) is 0 Å².